The lowest BCUT2D eigenvalue weighted by molar-refractivity contribution is -0.128. The molecule has 28 heavy (non-hydrogen) atoms. The Balaban J connectivity index is 1.50. The van der Waals surface area contributed by atoms with Gasteiger partial charge in [0.05, 0.1) is 28.1 Å². The van der Waals surface area contributed by atoms with E-state index in [-0.39, 0.29) is 23.5 Å². The molecule has 3 rings (SSSR count). The molecule has 0 unspecified atom stereocenters. The van der Waals surface area contributed by atoms with E-state index in [1.54, 1.807) is 18.2 Å². The average molecular weight is 400 g/mol. The maximum Gasteiger partial charge on any atom is 0.245 e. The number of hydrogen-bond donors (Lipinski definition) is 2. The first-order valence-corrected chi connectivity index (χ1v) is 10.3. The molecule has 1 heterocycles. The van der Waals surface area contributed by atoms with Crippen LogP contribution in [-0.4, -0.2) is 35.5 Å². The van der Waals surface area contributed by atoms with Gasteiger partial charge in [0.15, 0.2) is 9.84 Å². The van der Waals surface area contributed by atoms with Gasteiger partial charge in [0.2, 0.25) is 11.8 Å². The molecule has 0 saturated carbocycles. The summed E-state index contributed by atoms with van der Waals surface area (Å²) in [4.78, 5) is 28.5. The number of carbonyl (C=O) groups is 2. The van der Waals surface area contributed by atoms with E-state index < -0.39 is 21.7 Å². The van der Waals surface area contributed by atoms with Crippen LogP contribution in [0.3, 0.4) is 0 Å². The molecule has 0 aliphatic rings. The fourth-order valence-electron chi connectivity index (χ4n) is 2.72. The van der Waals surface area contributed by atoms with Crippen LogP contribution in [0.2, 0.25) is 0 Å². The second-order valence-electron chi connectivity index (χ2n) is 6.23. The Morgan fingerprint density at radius 3 is 2.32 bits per heavy atom. The number of hydrazine groups is 1. The molecular weight excluding hydrogens is 380 g/mol. The number of carbonyl (C=O) groups excluding carboxylic acids is 2. The first-order valence-electron chi connectivity index (χ1n) is 8.62. The molecule has 9 heteroatoms. The Bertz CT molecular complexity index is 1110. The molecule has 146 valence electrons. The molecule has 2 N–H and O–H groups in total. The minimum Gasteiger partial charge on any atom is -0.331 e. The molecule has 0 spiro atoms. The Hall–Kier alpha value is -3.20. The van der Waals surface area contributed by atoms with Gasteiger partial charge in [0.1, 0.15) is 5.82 Å². The van der Waals surface area contributed by atoms with Gasteiger partial charge in [-0.1, -0.05) is 30.3 Å². The van der Waals surface area contributed by atoms with Crippen LogP contribution in [0.15, 0.2) is 59.5 Å². The fourth-order valence-corrected chi connectivity index (χ4v) is 3.98. The van der Waals surface area contributed by atoms with E-state index in [1.807, 2.05) is 35.9 Å². The van der Waals surface area contributed by atoms with Crippen LogP contribution < -0.4 is 10.9 Å². The molecule has 2 aromatic carbocycles. The number of para-hydroxylation sites is 2. The summed E-state index contributed by atoms with van der Waals surface area (Å²) in [7, 11) is -1.74. The standard InChI is InChI=1S/C19H20N4O4S/c1-23-16-10-6-5-9-15(16)20-17(23)13-19(25)22-21-18(24)11-12-28(26,27)14-7-3-2-4-8-14/h2-10H,11-13H2,1H3,(H,21,24)(H,22,25). The summed E-state index contributed by atoms with van der Waals surface area (Å²) < 4.78 is 26.1. The molecule has 0 bridgehead atoms. The molecule has 0 fully saturated rings. The predicted molar refractivity (Wildman–Crippen MR) is 104 cm³/mol. The Morgan fingerprint density at radius 2 is 1.61 bits per heavy atom. The van der Waals surface area contributed by atoms with Crippen LogP contribution in [0.5, 0.6) is 0 Å². The van der Waals surface area contributed by atoms with Gasteiger partial charge in [-0.25, -0.2) is 13.4 Å². The number of benzene rings is 2. The molecule has 0 atom stereocenters. The van der Waals surface area contributed by atoms with E-state index in [4.69, 9.17) is 0 Å². The van der Waals surface area contributed by atoms with Crippen LogP contribution in [0.4, 0.5) is 0 Å². The number of aromatic nitrogens is 2. The summed E-state index contributed by atoms with van der Waals surface area (Å²) in [6.07, 6.45) is -0.280. The van der Waals surface area contributed by atoms with E-state index in [9.17, 15) is 18.0 Å². The third kappa shape index (κ3) is 4.55. The number of aryl methyl sites for hydroxylation is 1. The van der Waals surface area contributed by atoms with Crippen molar-refractivity contribution in [3.05, 3.63) is 60.4 Å². The normalized spacial score (nSPS) is 11.3. The highest BCUT2D eigenvalue weighted by Gasteiger charge is 2.17. The first kappa shape index (κ1) is 19.6. The molecule has 0 aliphatic heterocycles. The lowest BCUT2D eigenvalue weighted by Gasteiger charge is -2.08. The van der Waals surface area contributed by atoms with Crippen LogP contribution in [0.1, 0.15) is 12.2 Å². The van der Waals surface area contributed by atoms with Gasteiger partial charge in [-0.05, 0) is 24.3 Å². The van der Waals surface area contributed by atoms with E-state index >= 15 is 0 Å². The Kier molecular flexibility index (Phi) is 5.74. The molecular formula is C19H20N4O4S. The Morgan fingerprint density at radius 1 is 0.964 bits per heavy atom. The summed E-state index contributed by atoms with van der Waals surface area (Å²) in [5.41, 5.74) is 6.22. The van der Waals surface area contributed by atoms with Crippen molar-refractivity contribution in [2.75, 3.05) is 5.75 Å². The minimum atomic E-state index is -3.55. The molecule has 0 saturated heterocycles. The molecule has 0 radical (unpaired) electrons. The van der Waals surface area contributed by atoms with Crippen molar-refractivity contribution in [2.45, 2.75) is 17.7 Å². The largest absolute Gasteiger partial charge is 0.331 e. The predicted octanol–water partition coefficient (Wildman–Crippen LogP) is 1.13. The lowest BCUT2D eigenvalue weighted by Crippen LogP contribution is -2.43. The maximum atomic E-state index is 12.2. The zero-order valence-electron chi connectivity index (χ0n) is 15.3. The number of hydrogen-bond acceptors (Lipinski definition) is 5. The number of sulfone groups is 1. The zero-order chi connectivity index (χ0) is 20.1. The van der Waals surface area contributed by atoms with Gasteiger partial charge < -0.3 is 4.57 Å². The van der Waals surface area contributed by atoms with Crippen molar-refractivity contribution in [2.24, 2.45) is 7.05 Å². The van der Waals surface area contributed by atoms with E-state index in [1.165, 1.54) is 12.1 Å². The van der Waals surface area contributed by atoms with Gasteiger partial charge in [0, 0.05) is 13.5 Å². The number of imidazole rings is 1. The number of nitrogens with one attached hydrogen (secondary N) is 2. The van der Waals surface area contributed by atoms with E-state index in [2.05, 4.69) is 15.8 Å². The van der Waals surface area contributed by atoms with Crippen molar-refractivity contribution in [3.8, 4) is 0 Å². The van der Waals surface area contributed by atoms with Crippen molar-refractivity contribution in [1.82, 2.24) is 20.4 Å². The average Bonchev–Trinajstić information content (AvgIpc) is 3.01. The molecule has 2 amide bonds. The first-order chi connectivity index (χ1) is 13.4. The van der Waals surface area contributed by atoms with Gasteiger partial charge in [-0.15, -0.1) is 0 Å². The highest BCUT2D eigenvalue weighted by Crippen LogP contribution is 2.14. The number of rotatable bonds is 6. The van der Waals surface area contributed by atoms with Crippen LogP contribution in [0.25, 0.3) is 11.0 Å². The summed E-state index contributed by atoms with van der Waals surface area (Å²) in [6.45, 7) is 0. The number of nitrogens with zero attached hydrogens (tertiary/aromatic N) is 2. The van der Waals surface area contributed by atoms with Crippen LogP contribution in [0, 0.1) is 0 Å². The molecule has 1 aromatic heterocycles. The third-order valence-corrected chi connectivity index (χ3v) is 5.97. The quantitative estimate of drug-likeness (QED) is 0.603. The summed E-state index contributed by atoms with van der Waals surface area (Å²) >= 11 is 0. The van der Waals surface area contributed by atoms with Crippen molar-refractivity contribution >= 4 is 32.7 Å². The van der Waals surface area contributed by atoms with Crippen molar-refractivity contribution in [1.29, 1.82) is 0 Å². The van der Waals surface area contributed by atoms with Crippen molar-refractivity contribution < 1.29 is 18.0 Å². The van der Waals surface area contributed by atoms with Crippen LogP contribution >= 0.6 is 0 Å². The second kappa shape index (κ2) is 8.22. The number of fused-ring (bicyclic) bond motifs is 1. The number of amides is 2. The minimum absolute atomic E-state index is 0.0201. The SMILES string of the molecule is Cn1c(CC(=O)NNC(=O)CCS(=O)(=O)c2ccccc2)nc2ccccc21. The van der Waals surface area contributed by atoms with Gasteiger partial charge in [-0.3, -0.25) is 20.4 Å². The van der Waals surface area contributed by atoms with E-state index in [0.29, 0.717) is 5.82 Å². The molecule has 0 aliphatic carbocycles. The van der Waals surface area contributed by atoms with Gasteiger partial charge in [-0.2, -0.15) is 0 Å². The zero-order valence-corrected chi connectivity index (χ0v) is 16.1. The van der Waals surface area contributed by atoms with E-state index in [0.717, 1.165) is 11.0 Å². The second-order valence-corrected chi connectivity index (χ2v) is 8.34. The van der Waals surface area contributed by atoms with Crippen molar-refractivity contribution in [3.63, 3.8) is 0 Å². The smallest absolute Gasteiger partial charge is 0.245 e. The maximum absolute atomic E-state index is 12.2. The van der Waals surface area contributed by atoms with Gasteiger partial charge >= 0.3 is 0 Å². The molecule has 3 aromatic rings. The summed E-state index contributed by atoms with van der Waals surface area (Å²) in [5.74, 6) is -0.821. The topological polar surface area (TPSA) is 110 Å². The highest BCUT2D eigenvalue weighted by molar-refractivity contribution is 7.91. The monoisotopic (exact) mass is 400 g/mol. The lowest BCUT2D eigenvalue weighted by atomic mass is 10.3. The Labute approximate surface area is 162 Å². The third-order valence-electron chi connectivity index (χ3n) is 4.24. The summed E-state index contributed by atoms with van der Waals surface area (Å²) in [6, 6.07) is 15.4. The fraction of sp³-hybridized carbons (Fsp3) is 0.211. The molecule has 8 nitrogen and oxygen atoms in total. The van der Waals surface area contributed by atoms with Crippen LogP contribution in [-0.2, 0) is 32.9 Å². The summed E-state index contributed by atoms with van der Waals surface area (Å²) in [5, 5.41) is 0. The van der Waals surface area contributed by atoms with Gasteiger partial charge in [0.25, 0.3) is 0 Å². The highest BCUT2D eigenvalue weighted by atomic mass is 32.2.